The second-order valence-electron chi connectivity index (χ2n) is 13.7. The van der Waals surface area contributed by atoms with Crippen molar-refractivity contribution in [3.8, 4) is 39.1 Å². The van der Waals surface area contributed by atoms with Crippen molar-refractivity contribution in [2.45, 2.75) is 6.61 Å². The van der Waals surface area contributed by atoms with Crippen molar-refractivity contribution >= 4 is 51.0 Å². The average molecular weight is 707 g/mol. The standard InChI is InChI=1S/C52H38N2O/c1-53-51-49-23-12-11-20-44(49)35-50(52(51)55-36-37-14-5-2-6-15-37)45-25-24-43-34-48(31-28-42(43)32-45)54(46-29-26-40(27-30-46)38-16-7-3-8-17-38)47-22-13-21-41(33-47)39-18-9-4-10-19-39/h2-35H,1,36H2. The predicted octanol–water partition coefficient (Wildman–Crippen LogP) is 14.4. The molecular formula is C52H38N2O. The average Bonchev–Trinajstić information content (AvgIpc) is 3.26. The van der Waals surface area contributed by atoms with Crippen LogP contribution in [-0.2, 0) is 6.61 Å². The number of fused-ring (bicyclic) bond motifs is 2. The molecule has 0 heterocycles. The number of nitrogens with zero attached hydrogens (tertiary/aromatic N) is 2. The Morgan fingerprint density at radius 2 is 0.982 bits per heavy atom. The topological polar surface area (TPSA) is 24.8 Å². The van der Waals surface area contributed by atoms with Crippen LogP contribution >= 0.6 is 0 Å². The van der Waals surface area contributed by atoms with Gasteiger partial charge in [0.05, 0.1) is 0 Å². The van der Waals surface area contributed by atoms with Crippen LogP contribution in [0.15, 0.2) is 211 Å². The molecule has 0 aliphatic carbocycles. The molecule has 0 amide bonds. The Hall–Kier alpha value is -7.23. The van der Waals surface area contributed by atoms with E-state index in [0.717, 1.165) is 66.7 Å². The van der Waals surface area contributed by atoms with Crippen molar-refractivity contribution in [3.63, 3.8) is 0 Å². The Kier molecular flexibility index (Phi) is 9.17. The molecule has 0 aliphatic heterocycles. The number of anilines is 3. The second-order valence-corrected chi connectivity index (χ2v) is 13.7. The summed E-state index contributed by atoms with van der Waals surface area (Å²) >= 11 is 0. The van der Waals surface area contributed by atoms with Crippen molar-refractivity contribution in [1.82, 2.24) is 0 Å². The maximum atomic E-state index is 6.61. The van der Waals surface area contributed by atoms with Crippen LogP contribution in [0.2, 0.25) is 0 Å². The summed E-state index contributed by atoms with van der Waals surface area (Å²) in [6.07, 6.45) is 0. The van der Waals surface area contributed by atoms with Gasteiger partial charge in [-0.1, -0.05) is 158 Å². The monoisotopic (exact) mass is 706 g/mol. The quantitative estimate of drug-likeness (QED) is 0.132. The van der Waals surface area contributed by atoms with Gasteiger partial charge in [-0.2, -0.15) is 0 Å². The summed E-state index contributed by atoms with van der Waals surface area (Å²) in [7, 11) is 0. The van der Waals surface area contributed by atoms with Crippen molar-refractivity contribution < 1.29 is 4.74 Å². The van der Waals surface area contributed by atoms with Crippen LogP contribution in [0.5, 0.6) is 5.75 Å². The highest BCUT2D eigenvalue weighted by molar-refractivity contribution is 6.03. The molecule has 0 bridgehead atoms. The van der Waals surface area contributed by atoms with Gasteiger partial charge < -0.3 is 9.64 Å². The molecular weight excluding hydrogens is 669 g/mol. The first-order valence-corrected chi connectivity index (χ1v) is 18.6. The molecule has 0 atom stereocenters. The van der Waals surface area contributed by atoms with Gasteiger partial charge in [0, 0.05) is 28.0 Å². The Balaban J connectivity index is 1.13. The zero-order valence-corrected chi connectivity index (χ0v) is 30.3. The van der Waals surface area contributed by atoms with Crippen molar-refractivity contribution in [1.29, 1.82) is 0 Å². The van der Waals surface area contributed by atoms with Crippen molar-refractivity contribution in [2.75, 3.05) is 4.90 Å². The van der Waals surface area contributed by atoms with Crippen LogP contribution in [0.3, 0.4) is 0 Å². The number of hydrogen-bond donors (Lipinski definition) is 0. The maximum Gasteiger partial charge on any atom is 0.153 e. The molecule has 0 N–H and O–H groups in total. The van der Waals surface area contributed by atoms with Gasteiger partial charge in [-0.15, -0.1) is 0 Å². The molecule has 0 aromatic heterocycles. The van der Waals surface area contributed by atoms with Gasteiger partial charge in [0.1, 0.15) is 12.3 Å². The summed E-state index contributed by atoms with van der Waals surface area (Å²) in [4.78, 5) is 6.86. The third-order valence-electron chi connectivity index (χ3n) is 10.2. The molecule has 9 rings (SSSR count). The largest absolute Gasteiger partial charge is 0.486 e. The molecule has 55 heavy (non-hydrogen) atoms. The maximum absolute atomic E-state index is 6.61. The van der Waals surface area contributed by atoms with Gasteiger partial charge in [-0.3, -0.25) is 4.99 Å². The summed E-state index contributed by atoms with van der Waals surface area (Å²) in [5, 5.41) is 4.38. The summed E-state index contributed by atoms with van der Waals surface area (Å²) in [6.45, 7) is 4.40. The highest BCUT2D eigenvalue weighted by Gasteiger charge is 2.18. The molecule has 9 aromatic carbocycles. The van der Waals surface area contributed by atoms with Crippen LogP contribution < -0.4 is 9.64 Å². The first kappa shape index (κ1) is 33.6. The van der Waals surface area contributed by atoms with E-state index in [1.807, 2.05) is 24.3 Å². The Labute approximate surface area is 322 Å². The van der Waals surface area contributed by atoms with E-state index in [1.165, 1.54) is 22.3 Å². The van der Waals surface area contributed by atoms with Gasteiger partial charge in [0.25, 0.3) is 0 Å². The highest BCUT2D eigenvalue weighted by atomic mass is 16.5. The Morgan fingerprint density at radius 1 is 0.418 bits per heavy atom. The second kappa shape index (κ2) is 15.0. The minimum atomic E-state index is 0.430. The molecule has 3 heteroatoms. The third kappa shape index (κ3) is 6.88. The SMILES string of the molecule is C=Nc1c(OCc2ccccc2)c(-c2ccc3cc(N(c4ccc(-c5ccccc5)cc4)c4cccc(-c5ccccc5)c4)ccc3c2)cc2ccccc12. The number of aliphatic imine (C=N–C) groups is 1. The molecule has 0 fully saturated rings. The lowest BCUT2D eigenvalue weighted by atomic mass is 9.96. The fourth-order valence-corrected chi connectivity index (χ4v) is 7.43. The molecule has 0 saturated carbocycles. The molecule has 0 unspecified atom stereocenters. The minimum Gasteiger partial charge on any atom is -0.486 e. The van der Waals surface area contributed by atoms with E-state index < -0.39 is 0 Å². The summed E-state index contributed by atoms with van der Waals surface area (Å²) in [5.74, 6) is 0.733. The number of benzene rings is 9. The highest BCUT2D eigenvalue weighted by Crippen LogP contribution is 2.45. The molecule has 0 saturated heterocycles. The fraction of sp³-hybridized carbons (Fsp3) is 0.0192. The van der Waals surface area contributed by atoms with E-state index in [4.69, 9.17) is 4.74 Å². The van der Waals surface area contributed by atoms with Gasteiger partial charge in [-0.25, -0.2) is 0 Å². The summed E-state index contributed by atoms with van der Waals surface area (Å²) < 4.78 is 6.61. The molecule has 9 aromatic rings. The first-order valence-electron chi connectivity index (χ1n) is 18.6. The van der Waals surface area contributed by atoms with Crippen LogP contribution in [0.4, 0.5) is 22.7 Å². The number of rotatable bonds is 10. The lowest BCUT2D eigenvalue weighted by molar-refractivity contribution is 0.309. The molecule has 262 valence electrons. The van der Waals surface area contributed by atoms with Crippen molar-refractivity contribution in [3.05, 3.63) is 212 Å². The Bertz CT molecular complexity index is 2760. The first-order chi connectivity index (χ1) is 27.2. The lowest BCUT2D eigenvalue weighted by Gasteiger charge is -2.26. The van der Waals surface area contributed by atoms with Gasteiger partial charge >= 0.3 is 0 Å². The van der Waals surface area contributed by atoms with E-state index in [0.29, 0.717) is 6.61 Å². The van der Waals surface area contributed by atoms with Crippen molar-refractivity contribution in [2.24, 2.45) is 4.99 Å². The molecule has 3 nitrogen and oxygen atoms in total. The number of hydrogen-bond acceptors (Lipinski definition) is 3. The van der Waals surface area contributed by atoms with E-state index in [1.54, 1.807) is 0 Å². The van der Waals surface area contributed by atoms with Crippen LogP contribution in [0.1, 0.15) is 5.56 Å². The van der Waals surface area contributed by atoms with Crippen LogP contribution in [0.25, 0.3) is 54.9 Å². The number of ether oxygens (including phenoxy) is 1. The molecule has 0 radical (unpaired) electrons. The minimum absolute atomic E-state index is 0.430. The van der Waals surface area contributed by atoms with E-state index in [9.17, 15) is 0 Å². The van der Waals surface area contributed by atoms with Crippen LogP contribution in [0, 0.1) is 0 Å². The van der Waals surface area contributed by atoms with Gasteiger partial charge in [0.15, 0.2) is 5.75 Å². The van der Waals surface area contributed by atoms with Gasteiger partial charge in [0.2, 0.25) is 0 Å². The van der Waals surface area contributed by atoms with Crippen LogP contribution in [-0.4, -0.2) is 6.72 Å². The summed E-state index contributed by atoms with van der Waals surface area (Å²) in [5.41, 5.74) is 11.9. The summed E-state index contributed by atoms with van der Waals surface area (Å²) in [6, 6.07) is 72.8. The van der Waals surface area contributed by atoms with E-state index in [2.05, 4.69) is 199 Å². The normalized spacial score (nSPS) is 11.1. The van der Waals surface area contributed by atoms with Gasteiger partial charge in [-0.05, 0) is 105 Å². The zero-order valence-electron chi connectivity index (χ0n) is 30.3. The van der Waals surface area contributed by atoms with E-state index in [-0.39, 0.29) is 0 Å². The lowest BCUT2D eigenvalue weighted by Crippen LogP contribution is -2.10. The predicted molar refractivity (Wildman–Crippen MR) is 232 cm³/mol. The fourth-order valence-electron chi connectivity index (χ4n) is 7.43. The third-order valence-corrected chi connectivity index (χ3v) is 10.2. The van der Waals surface area contributed by atoms with E-state index >= 15 is 0 Å². The Morgan fingerprint density at radius 3 is 1.73 bits per heavy atom. The zero-order chi connectivity index (χ0) is 37.0. The molecule has 0 spiro atoms. The molecule has 0 aliphatic rings. The smallest absolute Gasteiger partial charge is 0.153 e.